The predicted octanol–water partition coefficient (Wildman–Crippen LogP) is 3.68. The van der Waals surface area contributed by atoms with Crippen LogP contribution in [0.15, 0.2) is 48.5 Å². The van der Waals surface area contributed by atoms with Crippen molar-refractivity contribution >= 4 is 5.91 Å². The van der Waals surface area contributed by atoms with Gasteiger partial charge in [0.1, 0.15) is 5.75 Å². The van der Waals surface area contributed by atoms with Gasteiger partial charge >= 0.3 is 0 Å². The smallest absolute Gasteiger partial charge is 0.263 e. The fourth-order valence-corrected chi connectivity index (χ4v) is 4.32. The molecular formula is C24H30N2O2. The van der Waals surface area contributed by atoms with Gasteiger partial charge in [-0.2, -0.15) is 0 Å². The molecule has 4 heteroatoms. The number of hydrogen-bond donors (Lipinski definition) is 0. The van der Waals surface area contributed by atoms with E-state index in [0.29, 0.717) is 0 Å². The van der Waals surface area contributed by atoms with Gasteiger partial charge in [-0.15, -0.1) is 0 Å². The third kappa shape index (κ3) is 4.39. The summed E-state index contributed by atoms with van der Waals surface area (Å²) in [4.78, 5) is 17.3. The predicted molar refractivity (Wildman–Crippen MR) is 111 cm³/mol. The zero-order valence-electron chi connectivity index (χ0n) is 16.8. The standard InChI is InChI=1S/C24H30N2O2/c1-19(28-23-13-7-11-21-10-5-6-12-22(21)23)24(27)26-16-14-25(15-17-26)18-20-8-3-2-4-9-20/h2-4,7-9,11,13,19H,5-6,10,12,14-18H2,1H3. The summed E-state index contributed by atoms with van der Waals surface area (Å²) in [6.45, 7) is 6.20. The molecule has 1 saturated heterocycles. The first-order valence-electron chi connectivity index (χ1n) is 10.5. The van der Waals surface area contributed by atoms with Gasteiger partial charge in [0.2, 0.25) is 0 Å². The van der Waals surface area contributed by atoms with Crippen molar-refractivity contribution in [2.24, 2.45) is 0 Å². The summed E-state index contributed by atoms with van der Waals surface area (Å²) < 4.78 is 6.15. The number of piperazine rings is 1. The van der Waals surface area contributed by atoms with Crippen molar-refractivity contribution in [1.29, 1.82) is 0 Å². The van der Waals surface area contributed by atoms with E-state index >= 15 is 0 Å². The first-order valence-corrected chi connectivity index (χ1v) is 10.5. The van der Waals surface area contributed by atoms with E-state index in [0.717, 1.165) is 51.3 Å². The molecule has 1 aliphatic heterocycles. The molecule has 0 spiro atoms. The normalized spacial score (nSPS) is 18.4. The lowest BCUT2D eigenvalue weighted by Crippen LogP contribution is -2.51. The van der Waals surface area contributed by atoms with Crippen molar-refractivity contribution in [3.05, 3.63) is 65.2 Å². The Morgan fingerprint density at radius 2 is 1.71 bits per heavy atom. The number of carbonyl (C=O) groups is 1. The van der Waals surface area contributed by atoms with E-state index in [1.807, 2.05) is 24.0 Å². The van der Waals surface area contributed by atoms with E-state index in [1.165, 1.54) is 29.5 Å². The minimum atomic E-state index is -0.436. The Morgan fingerprint density at radius 3 is 2.50 bits per heavy atom. The fraction of sp³-hybridized carbons (Fsp3) is 0.458. The third-order valence-corrected chi connectivity index (χ3v) is 5.94. The number of amides is 1. The van der Waals surface area contributed by atoms with Crippen molar-refractivity contribution in [3.63, 3.8) is 0 Å². The number of carbonyl (C=O) groups excluding carboxylic acids is 1. The van der Waals surface area contributed by atoms with Crippen LogP contribution < -0.4 is 4.74 Å². The number of nitrogens with zero attached hydrogens (tertiary/aromatic N) is 2. The Hall–Kier alpha value is -2.33. The van der Waals surface area contributed by atoms with Crippen LogP contribution in [0.1, 0.15) is 36.5 Å². The summed E-state index contributed by atoms with van der Waals surface area (Å²) in [7, 11) is 0. The van der Waals surface area contributed by atoms with Gasteiger partial charge in [-0.1, -0.05) is 42.5 Å². The highest BCUT2D eigenvalue weighted by Gasteiger charge is 2.27. The van der Waals surface area contributed by atoms with Crippen LogP contribution in [0.2, 0.25) is 0 Å². The first-order chi connectivity index (χ1) is 13.7. The minimum Gasteiger partial charge on any atom is -0.481 e. The first kappa shape index (κ1) is 19.0. The van der Waals surface area contributed by atoms with E-state index < -0.39 is 6.10 Å². The van der Waals surface area contributed by atoms with E-state index in [2.05, 4.69) is 41.3 Å². The van der Waals surface area contributed by atoms with Crippen LogP contribution in [-0.4, -0.2) is 48.0 Å². The Bertz CT molecular complexity index is 798. The quantitative estimate of drug-likeness (QED) is 0.796. The van der Waals surface area contributed by atoms with E-state index in [-0.39, 0.29) is 5.91 Å². The second-order valence-corrected chi connectivity index (χ2v) is 7.95. The Balaban J connectivity index is 1.31. The fourth-order valence-electron chi connectivity index (χ4n) is 4.32. The molecule has 148 valence electrons. The topological polar surface area (TPSA) is 32.8 Å². The lowest BCUT2D eigenvalue weighted by atomic mass is 9.91. The summed E-state index contributed by atoms with van der Waals surface area (Å²) in [5, 5.41) is 0. The Kier molecular flexibility index (Phi) is 5.96. The lowest BCUT2D eigenvalue weighted by Gasteiger charge is -2.36. The highest BCUT2D eigenvalue weighted by Crippen LogP contribution is 2.30. The van der Waals surface area contributed by atoms with Crippen molar-refractivity contribution in [3.8, 4) is 5.75 Å². The molecule has 1 unspecified atom stereocenters. The van der Waals surface area contributed by atoms with Gasteiger partial charge in [0.05, 0.1) is 0 Å². The van der Waals surface area contributed by atoms with Gasteiger partial charge in [0.15, 0.2) is 6.10 Å². The third-order valence-electron chi connectivity index (χ3n) is 5.94. The zero-order valence-corrected chi connectivity index (χ0v) is 16.8. The molecule has 1 aliphatic carbocycles. The molecule has 0 aromatic heterocycles. The SMILES string of the molecule is CC(Oc1cccc2c1CCCC2)C(=O)N1CCN(Cc2ccccc2)CC1. The summed E-state index contributed by atoms with van der Waals surface area (Å²) in [6.07, 6.45) is 4.20. The van der Waals surface area contributed by atoms with Crippen LogP contribution in [0.5, 0.6) is 5.75 Å². The molecular weight excluding hydrogens is 348 g/mol. The van der Waals surface area contributed by atoms with Crippen LogP contribution in [-0.2, 0) is 24.2 Å². The molecule has 0 saturated carbocycles. The summed E-state index contributed by atoms with van der Waals surface area (Å²) in [6, 6.07) is 16.8. The molecule has 2 aliphatic rings. The molecule has 0 N–H and O–H groups in total. The van der Waals surface area contributed by atoms with Crippen LogP contribution in [0.4, 0.5) is 0 Å². The molecule has 0 radical (unpaired) electrons. The molecule has 0 bridgehead atoms. The Labute approximate surface area is 168 Å². The zero-order chi connectivity index (χ0) is 19.3. The van der Waals surface area contributed by atoms with Gasteiger partial charge in [-0.25, -0.2) is 0 Å². The van der Waals surface area contributed by atoms with E-state index in [4.69, 9.17) is 4.74 Å². The molecule has 1 fully saturated rings. The molecule has 2 aromatic rings. The maximum absolute atomic E-state index is 12.9. The van der Waals surface area contributed by atoms with Crippen LogP contribution in [0.3, 0.4) is 0 Å². The number of rotatable bonds is 5. The van der Waals surface area contributed by atoms with Gasteiger partial charge in [0.25, 0.3) is 5.91 Å². The monoisotopic (exact) mass is 378 g/mol. The molecule has 4 nitrogen and oxygen atoms in total. The highest BCUT2D eigenvalue weighted by atomic mass is 16.5. The van der Waals surface area contributed by atoms with Crippen molar-refractivity contribution in [2.75, 3.05) is 26.2 Å². The lowest BCUT2D eigenvalue weighted by molar-refractivity contribution is -0.139. The maximum Gasteiger partial charge on any atom is 0.263 e. The van der Waals surface area contributed by atoms with Crippen LogP contribution in [0.25, 0.3) is 0 Å². The Morgan fingerprint density at radius 1 is 0.964 bits per heavy atom. The van der Waals surface area contributed by atoms with Gasteiger partial charge in [-0.05, 0) is 55.4 Å². The molecule has 2 aromatic carbocycles. The maximum atomic E-state index is 12.9. The average Bonchev–Trinajstić information content (AvgIpc) is 2.75. The second-order valence-electron chi connectivity index (χ2n) is 7.95. The summed E-state index contributed by atoms with van der Waals surface area (Å²) in [5.41, 5.74) is 4.02. The largest absolute Gasteiger partial charge is 0.481 e. The number of aryl methyl sites for hydroxylation is 1. The highest BCUT2D eigenvalue weighted by molar-refractivity contribution is 5.81. The number of benzene rings is 2. The van der Waals surface area contributed by atoms with Gasteiger partial charge < -0.3 is 9.64 Å². The number of ether oxygens (including phenoxy) is 1. The number of hydrogen-bond acceptors (Lipinski definition) is 3. The van der Waals surface area contributed by atoms with Gasteiger partial charge in [-0.3, -0.25) is 9.69 Å². The van der Waals surface area contributed by atoms with Gasteiger partial charge in [0, 0.05) is 32.7 Å². The van der Waals surface area contributed by atoms with Crippen molar-refractivity contribution in [1.82, 2.24) is 9.80 Å². The molecule has 4 rings (SSSR count). The summed E-state index contributed by atoms with van der Waals surface area (Å²) >= 11 is 0. The van der Waals surface area contributed by atoms with E-state index in [1.54, 1.807) is 0 Å². The van der Waals surface area contributed by atoms with Crippen molar-refractivity contribution in [2.45, 2.75) is 45.3 Å². The minimum absolute atomic E-state index is 0.104. The van der Waals surface area contributed by atoms with E-state index in [9.17, 15) is 4.79 Å². The van der Waals surface area contributed by atoms with Crippen molar-refractivity contribution < 1.29 is 9.53 Å². The average molecular weight is 379 g/mol. The van der Waals surface area contributed by atoms with Crippen LogP contribution >= 0.6 is 0 Å². The molecule has 1 heterocycles. The molecule has 28 heavy (non-hydrogen) atoms. The summed E-state index contributed by atoms with van der Waals surface area (Å²) in [5.74, 6) is 1.01. The molecule has 1 atom stereocenters. The number of fused-ring (bicyclic) bond motifs is 1. The second kappa shape index (κ2) is 8.78. The molecule has 1 amide bonds. The van der Waals surface area contributed by atoms with Crippen LogP contribution in [0, 0.1) is 0 Å².